The van der Waals surface area contributed by atoms with Crippen LogP contribution in [0.25, 0.3) is 0 Å². The molecule has 23 heavy (non-hydrogen) atoms. The van der Waals surface area contributed by atoms with Gasteiger partial charge in [-0.3, -0.25) is 9.69 Å². The van der Waals surface area contributed by atoms with E-state index in [1.54, 1.807) is 4.90 Å². The van der Waals surface area contributed by atoms with E-state index in [1.165, 1.54) is 6.42 Å². The summed E-state index contributed by atoms with van der Waals surface area (Å²) in [6.07, 6.45) is 2.66. The molecule has 0 radical (unpaired) electrons. The normalized spacial score (nSPS) is 20.1. The van der Waals surface area contributed by atoms with E-state index >= 15 is 0 Å². The molecule has 2 heterocycles. The lowest BCUT2D eigenvalue weighted by atomic mass is 10.0. The summed E-state index contributed by atoms with van der Waals surface area (Å²) in [7, 11) is 0. The molecule has 3 rings (SSSR count). The molecule has 2 aliphatic rings. The van der Waals surface area contributed by atoms with Crippen molar-refractivity contribution in [2.24, 2.45) is 5.92 Å². The Morgan fingerprint density at radius 1 is 1.26 bits per heavy atom. The minimum absolute atomic E-state index is 0. The van der Waals surface area contributed by atoms with E-state index < -0.39 is 0 Å². The number of halogens is 1. The van der Waals surface area contributed by atoms with E-state index in [0.717, 1.165) is 30.9 Å². The van der Waals surface area contributed by atoms with Gasteiger partial charge in [-0.2, -0.15) is 0 Å². The number of nitrogens with one attached hydrogen (secondary N) is 3. The van der Waals surface area contributed by atoms with Crippen molar-refractivity contribution in [2.45, 2.75) is 19.3 Å². The second kappa shape index (κ2) is 8.17. The van der Waals surface area contributed by atoms with Gasteiger partial charge >= 0.3 is 6.03 Å². The van der Waals surface area contributed by atoms with Crippen molar-refractivity contribution in [3.63, 3.8) is 0 Å². The van der Waals surface area contributed by atoms with Crippen molar-refractivity contribution < 1.29 is 9.59 Å². The highest BCUT2D eigenvalue weighted by atomic mass is 35.5. The third-order valence-electron chi connectivity index (χ3n) is 4.26. The molecular formula is C16H23ClN4O2. The molecule has 126 valence electrons. The predicted octanol–water partition coefficient (Wildman–Crippen LogP) is 1.97. The molecule has 1 aromatic carbocycles. The van der Waals surface area contributed by atoms with Crippen LogP contribution in [0.2, 0.25) is 0 Å². The van der Waals surface area contributed by atoms with Crippen LogP contribution in [0.4, 0.5) is 16.2 Å². The van der Waals surface area contributed by atoms with Crippen LogP contribution < -0.4 is 20.9 Å². The molecule has 2 aliphatic heterocycles. The number of urea groups is 1. The van der Waals surface area contributed by atoms with Crippen LogP contribution in [0.5, 0.6) is 0 Å². The number of amides is 3. The second-order valence-electron chi connectivity index (χ2n) is 5.88. The third-order valence-corrected chi connectivity index (χ3v) is 4.26. The number of benzene rings is 1. The van der Waals surface area contributed by atoms with Gasteiger partial charge in [-0.15, -0.1) is 12.4 Å². The van der Waals surface area contributed by atoms with Gasteiger partial charge in [0.25, 0.3) is 0 Å². The van der Waals surface area contributed by atoms with E-state index in [1.807, 2.05) is 24.3 Å². The Labute approximate surface area is 142 Å². The second-order valence-corrected chi connectivity index (χ2v) is 5.88. The summed E-state index contributed by atoms with van der Waals surface area (Å²) < 4.78 is 0. The maximum atomic E-state index is 12.0. The van der Waals surface area contributed by atoms with Gasteiger partial charge in [0, 0.05) is 30.9 Å². The Morgan fingerprint density at radius 2 is 2.04 bits per heavy atom. The van der Waals surface area contributed by atoms with E-state index in [4.69, 9.17) is 0 Å². The van der Waals surface area contributed by atoms with Crippen molar-refractivity contribution in [3.05, 3.63) is 24.3 Å². The average Bonchev–Trinajstić information content (AvgIpc) is 3.17. The highest BCUT2D eigenvalue weighted by molar-refractivity contribution is 5.95. The molecule has 0 spiro atoms. The van der Waals surface area contributed by atoms with Crippen LogP contribution in [0.3, 0.4) is 0 Å². The van der Waals surface area contributed by atoms with E-state index in [2.05, 4.69) is 16.0 Å². The summed E-state index contributed by atoms with van der Waals surface area (Å²) in [5.74, 6) is 0.681. The Balaban J connectivity index is 0.00000192. The fourth-order valence-electron chi connectivity index (χ4n) is 2.96. The molecule has 2 saturated heterocycles. The van der Waals surface area contributed by atoms with Crippen molar-refractivity contribution in [3.8, 4) is 0 Å². The first kappa shape index (κ1) is 17.6. The van der Waals surface area contributed by atoms with Gasteiger partial charge in [-0.1, -0.05) is 0 Å². The quantitative estimate of drug-likeness (QED) is 0.768. The lowest BCUT2D eigenvalue weighted by Crippen LogP contribution is -2.27. The van der Waals surface area contributed by atoms with Gasteiger partial charge in [-0.25, -0.2) is 4.79 Å². The van der Waals surface area contributed by atoms with Gasteiger partial charge in [-0.05, 0) is 56.1 Å². The zero-order valence-corrected chi connectivity index (χ0v) is 13.8. The van der Waals surface area contributed by atoms with Crippen molar-refractivity contribution in [1.82, 2.24) is 10.6 Å². The smallest absolute Gasteiger partial charge is 0.321 e. The van der Waals surface area contributed by atoms with Crippen molar-refractivity contribution >= 4 is 35.7 Å². The average molecular weight is 339 g/mol. The molecule has 3 amide bonds. The summed E-state index contributed by atoms with van der Waals surface area (Å²) in [6.45, 7) is 3.45. The SMILES string of the molecule is Cl.O=C(CCC1CCNC1)Nc1ccc(N2CCNC2=O)cc1. The molecule has 6 nitrogen and oxygen atoms in total. The monoisotopic (exact) mass is 338 g/mol. The third kappa shape index (κ3) is 4.59. The highest BCUT2D eigenvalue weighted by Crippen LogP contribution is 2.20. The molecule has 0 aliphatic carbocycles. The molecule has 0 bridgehead atoms. The Morgan fingerprint density at radius 3 is 2.65 bits per heavy atom. The Bertz CT molecular complexity index is 544. The zero-order valence-electron chi connectivity index (χ0n) is 13.0. The van der Waals surface area contributed by atoms with Gasteiger partial charge in [0.2, 0.25) is 5.91 Å². The van der Waals surface area contributed by atoms with Gasteiger partial charge in [0.1, 0.15) is 0 Å². The standard InChI is InChI=1S/C16H22N4O2.ClH/c21-15(6-1-12-7-8-17-11-12)19-13-2-4-14(5-3-13)20-10-9-18-16(20)22;/h2-5,12,17H,1,6-11H2,(H,18,22)(H,19,21);1H. The van der Waals surface area contributed by atoms with E-state index in [0.29, 0.717) is 25.4 Å². The number of rotatable bonds is 5. The predicted molar refractivity (Wildman–Crippen MR) is 93.3 cm³/mol. The molecule has 3 N–H and O–H groups in total. The molecule has 0 aromatic heterocycles. The largest absolute Gasteiger partial charge is 0.336 e. The molecule has 1 aromatic rings. The number of hydrogen-bond acceptors (Lipinski definition) is 3. The van der Waals surface area contributed by atoms with Crippen LogP contribution >= 0.6 is 12.4 Å². The maximum absolute atomic E-state index is 12.0. The fraction of sp³-hybridized carbons (Fsp3) is 0.500. The number of hydrogen-bond donors (Lipinski definition) is 3. The van der Waals surface area contributed by atoms with Crippen molar-refractivity contribution in [1.29, 1.82) is 0 Å². The summed E-state index contributed by atoms with van der Waals surface area (Å²) >= 11 is 0. The Kier molecular flexibility index (Phi) is 6.24. The topological polar surface area (TPSA) is 73.5 Å². The molecule has 7 heteroatoms. The highest BCUT2D eigenvalue weighted by Gasteiger charge is 2.21. The number of nitrogens with zero attached hydrogens (tertiary/aromatic N) is 1. The van der Waals surface area contributed by atoms with Crippen LogP contribution in [-0.2, 0) is 4.79 Å². The summed E-state index contributed by atoms with van der Waals surface area (Å²) in [4.78, 5) is 25.2. The summed E-state index contributed by atoms with van der Waals surface area (Å²) in [5.41, 5.74) is 1.63. The molecule has 2 fully saturated rings. The first-order valence-corrected chi connectivity index (χ1v) is 7.88. The van der Waals surface area contributed by atoms with E-state index in [-0.39, 0.29) is 24.3 Å². The molecule has 0 saturated carbocycles. The van der Waals surface area contributed by atoms with E-state index in [9.17, 15) is 9.59 Å². The van der Waals surface area contributed by atoms with Crippen LogP contribution in [-0.4, -0.2) is 38.1 Å². The van der Waals surface area contributed by atoms with Gasteiger partial charge in [0.15, 0.2) is 0 Å². The van der Waals surface area contributed by atoms with Crippen molar-refractivity contribution in [2.75, 3.05) is 36.4 Å². The summed E-state index contributed by atoms with van der Waals surface area (Å²) in [5, 5.41) is 9.00. The van der Waals surface area contributed by atoms with Crippen LogP contribution in [0.15, 0.2) is 24.3 Å². The lowest BCUT2D eigenvalue weighted by Gasteiger charge is -2.15. The minimum Gasteiger partial charge on any atom is -0.336 e. The number of carbonyl (C=O) groups excluding carboxylic acids is 2. The first-order valence-electron chi connectivity index (χ1n) is 7.88. The molecular weight excluding hydrogens is 316 g/mol. The van der Waals surface area contributed by atoms with Crippen LogP contribution in [0.1, 0.15) is 19.3 Å². The van der Waals surface area contributed by atoms with Gasteiger partial charge < -0.3 is 16.0 Å². The van der Waals surface area contributed by atoms with Gasteiger partial charge in [0.05, 0.1) is 0 Å². The fourth-order valence-corrected chi connectivity index (χ4v) is 2.96. The number of anilines is 2. The molecule has 1 unspecified atom stereocenters. The minimum atomic E-state index is -0.0676. The maximum Gasteiger partial charge on any atom is 0.321 e. The Hall–Kier alpha value is -1.79. The number of carbonyl (C=O) groups is 2. The molecule has 1 atom stereocenters. The van der Waals surface area contributed by atoms with Crippen LogP contribution in [0, 0.1) is 5.92 Å². The summed E-state index contributed by atoms with van der Waals surface area (Å²) in [6, 6.07) is 7.34. The zero-order chi connectivity index (χ0) is 15.4. The lowest BCUT2D eigenvalue weighted by molar-refractivity contribution is -0.116. The first-order chi connectivity index (χ1) is 10.7.